The molecule has 1 saturated carbocycles. The van der Waals surface area contributed by atoms with Gasteiger partial charge in [0.15, 0.2) is 0 Å². The number of hydrogen-bond donors (Lipinski definition) is 1. The standard InChI is InChI=1S/C12H21N3O2S/c1-4-15(3)18(16,17)12-7-11(14(2)9-12)8-13-10-5-6-10/h7,9-10,13H,4-6,8H2,1-3H3. The van der Waals surface area contributed by atoms with E-state index in [-0.39, 0.29) is 0 Å². The molecule has 0 atom stereocenters. The molecule has 102 valence electrons. The van der Waals surface area contributed by atoms with Crippen LogP contribution in [0, 0.1) is 0 Å². The highest BCUT2D eigenvalue weighted by Crippen LogP contribution is 2.21. The van der Waals surface area contributed by atoms with Gasteiger partial charge in [0.25, 0.3) is 0 Å². The van der Waals surface area contributed by atoms with Gasteiger partial charge in [-0.3, -0.25) is 0 Å². The second kappa shape index (κ2) is 5.03. The number of nitrogens with zero attached hydrogens (tertiary/aromatic N) is 2. The van der Waals surface area contributed by atoms with E-state index >= 15 is 0 Å². The van der Waals surface area contributed by atoms with Crippen LogP contribution in [0.15, 0.2) is 17.2 Å². The lowest BCUT2D eigenvalue weighted by molar-refractivity contribution is 0.486. The Labute approximate surface area is 109 Å². The average molecular weight is 271 g/mol. The van der Waals surface area contributed by atoms with Gasteiger partial charge in [-0.25, -0.2) is 12.7 Å². The summed E-state index contributed by atoms with van der Waals surface area (Å²) in [7, 11) is 0.157. The fraction of sp³-hybridized carbons (Fsp3) is 0.667. The SMILES string of the molecule is CCN(C)S(=O)(=O)c1cc(CNC2CC2)n(C)c1. The van der Waals surface area contributed by atoms with E-state index in [0.29, 0.717) is 17.5 Å². The Kier molecular flexibility index (Phi) is 3.79. The predicted molar refractivity (Wildman–Crippen MR) is 70.8 cm³/mol. The van der Waals surface area contributed by atoms with Crippen LogP contribution in [-0.4, -0.2) is 36.9 Å². The molecule has 5 nitrogen and oxygen atoms in total. The molecule has 1 heterocycles. The molecule has 2 rings (SSSR count). The largest absolute Gasteiger partial charge is 0.352 e. The Balaban J connectivity index is 2.16. The molecule has 1 N–H and O–H groups in total. The Morgan fingerprint density at radius 2 is 2.17 bits per heavy atom. The molecule has 0 spiro atoms. The quantitative estimate of drug-likeness (QED) is 0.837. The van der Waals surface area contributed by atoms with Gasteiger partial charge in [-0.05, 0) is 18.9 Å². The Hall–Kier alpha value is -0.850. The van der Waals surface area contributed by atoms with Crippen molar-refractivity contribution in [1.29, 1.82) is 0 Å². The first-order valence-electron chi connectivity index (χ1n) is 6.30. The molecule has 0 unspecified atom stereocenters. The number of rotatable bonds is 6. The first kappa shape index (κ1) is 13.6. The minimum Gasteiger partial charge on any atom is -0.352 e. The van der Waals surface area contributed by atoms with Crippen LogP contribution in [0.2, 0.25) is 0 Å². The highest BCUT2D eigenvalue weighted by molar-refractivity contribution is 7.89. The summed E-state index contributed by atoms with van der Waals surface area (Å²) in [4.78, 5) is 0.377. The highest BCUT2D eigenvalue weighted by Gasteiger charge is 2.23. The number of aryl methyl sites for hydroxylation is 1. The van der Waals surface area contributed by atoms with Gasteiger partial charge in [0, 0.05) is 45.1 Å². The van der Waals surface area contributed by atoms with Crippen LogP contribution in [0.25, 0.3) is 0 Å². The molecular weight excluding hydrogens is 250 g/mol. The minimum absolute atomic E-state index is 0.377. The number of aromatic nitrogens is 1. The lowest BCUT2D eigenvalue weighted by Crippen LogP contribution is -2.26. The maximum absolute atomic E-state index is 12.2. The summed E-state index contributed by atoms with van der Waals surface area (Å²) < 4.78 is 27.6. The smallest absolute Gasteiger partial charge is 0.244 e. The number of hydrogen-bond acceptors (Lipinski definition) is 3. The average Bonchev–Trinajstić information content (AvgIpc) is 3.08. The van der Waals surface area contributed by atoms with Gasteiger partial charge in [-0.2, -0.15) is 0 Å². The predicted octanol–water partition coefficient (Wildman–Crippen LogP) is 0.917. The molecule has 0 amide bonds. The topological polar surface area (TPSA) is 54.3 Å². The van der Waals surface area contributed by atoms with E-state index in [1.54, 1.807) is 19.3 Å². The van der Waals surface area contributed by atoms with E-state index in [2.05, 4.69) is 5.32 Å². The van der Waals surface area contributed by atoms with Crippen LogP contribution in [-0.2, 0) is 23.6 Å². The Morgan fingerprint density at radius 3 is 2.72 bits per heavy atom. The molecule has 1 aliphatic rings. The third-order valence-electron chi connectivity index (χ3n) is 3.39. The van der Waals surface area contributed by atoms with Crippen molar-refractivity contribution in [2.75, 3.05) is 13.6 Å². The fourth-order valence-corrected chi connectivity index (χ4v) is 3.06. The van der Waals surface area contributed by atoms with Crippen molar-refractivity contribution in [3.8, 4) is 0 Å². The summed E-state index contributed by atoms with van der Waals surface area (Å²) in [5.74, 6) is 0. The van der Waals surface area contributed by atoms with Crippen LogP contribution in [0.4, 0.5) is 0 Å². The van der Waals surface area contributed by atoms with E-state index in [1.807, 2.05) is 18.5 Å². The van der Waals surface area contributed by atoms with Crippen LogP contribution in [0.1, 0.15) is 25.5 Å². The van der Waals surface area contributed by atoms with Crippen molar-refractivity contribution in [2.24, 2.45) is 7.05 Å². The van der Waals surface area contributed by atoms with E-state index in [1.165, 1.54) is 17.1 Å². The maximum Gasteiger partial charge on any atom is 0.244 e. The lowest BCUT2D eigenvalue weighted by atomic mass is 10.4. The van der Waals surface area contributed by atoms with Gasteiger partial charge < -0.3 is 9.88 Å². The third kappa shape index (κ3) is 2.76. The second-order valence-corrected chi connectivity index (χ2v) is 6.90. The maximum atomic E-state index is 12.2. The van der Waals surface area contributed by atoms with Gasteiger partial charge in [0.2, 0.25) is 10.0 Å². The zero-order valence-electron chi connectivity index (χ0n) is 11.2. The molecule has 0 aromatic carbocycles. The summed E-state index contributed by atoms with van der Waals surface area (Å²) in [5.41, 5.74) is 1.00. The van der Waals surface area contributed by atoms with Gasteiger partial charge in [0.05, 0.1) is 0 Å². The summed E-state index contributed by atoms with van der Waals surface area (Å²) in [6.07, 6.45) is 4.15. The van der Waals surface area contributed by atoms with Crippen molar-refractivity contribution in [1.82, 2.24) is 14.2 Å². The van der Waals surface area contributed by atoms with Crippen molar-refractivity contribution < 1.29 is 8.42 Å². The first-order chi connectivity index (χ1) is 8.45. The van der Waals surface area contributed by atoms with Crippen molar-refractivity contribution in [3.05, 3.63) is 18.0 Å². The van der Waals surface area contributed by atoms with Gasteiger partial charge in [-0.1, -0.05) is 6.92 Å². The van der Waals surface area contributed by atoms with Crippen molar-refractivity contribution in [2.45, 2.75) is 37.2 Å². The summed E-state index contributed by atoms with van der Waals surface area (Å²) in [5, 5.41) is 3.39. The highest BCUT2D eigenvalue weighted by atomic mass is 32.2. The van der Waals surface area contributed by atoms with Crippen LogP contribution >= 0.6 is 0 Å². The van der Waals surface area contributed by atoms with Crippen molar-refractivity contribution >= 4 is 10.0 Å². The minimum atomic E-state index is -3.33. The van der Waals surface area contributed by atoms with E-state index in [0.717, 1.165) is 12.2 Å². The van der Waals surface area contributed by atoms with E-state index in [4.69, 9.17) is 0 Å². The van der Waals surface area contributed by atoms with Gasteiger partial charge in [-0.15, -0.1) is 0 Å². The normalized spacial score (nSPS) is 16.4. The monoisotopic (exact) mass is 271 g/mol. The number of sulfonamides is 1. The molecule has 0 aliphatic heterocycles. The molecule has 1 fully saturated rings. The molecule has 6 heteroatoms. The molecular formula is C12H21N3O2S. The number of nitrogens with one attached hydrogen (secondary N) is 1. The van der Waals surface area contributed by atoms with Gasteiger partial charge >= 0.3 is 0 Å². The summed E-state index contributed by atoms with van der Waals surface area (Å²) in [6, 6.07) is 2.38. The van der Waals surface area contributed by atoms with Crippen LogP contribution in [0.5, 0.6) is 0 Å². The molecule has 1 aromatic heterocycles. The molecule has 1 aliphatic carbocycles. The molecule has 0 saturated heterocycles. The summed E-state index contributed by atoms with van der Waals surface area (Å²) >= 11 is 0. The van der Waals surface area contributed by atoms with E-state index in [9.17, 15) is 8.42 Å². The second-order valence-electron chi connectivity index (χ2n) is 4.85. The molecule has 0 radical (unpaired) electrons. The van der Waals surface area contributed by atoms with Crippen LogP contribution < -0.4 is 5.32 Å². The Bertz CT molecular complexity index is 517. The zero-order valence-corrected chi connectivity index (χ0v) is 12.0. The molecule has 18 heavy (non-hydrogen) atoms. The third-order valence-corrected chi connectivity index (χ3v) is 5.28. The van der Waals surface area contributed by atoms with Gasteiger partial charge in [0.1, 0.15) is 4.90 Å². The van der Waals surface area contributed by atoms with E-state index < -0.39 is 10.0 Å². The summed E-state index contributed by atoms with van der Waals surface area (Å²) in [6.45, 7) is 3.04. The Morgan fingerprint density at radius 1 is 1.50 bits per heavy atom. The van der Waals surface area contributed by atoms with Crippen LogP contribution in [0.3, 0.4) is 0 Å². The molecule has 1 aromatic rings. The molecule has 0 bridgehead atoms. The lowest BCUT2D eigenvalue weighted by Gasteiger charge is -2.12. The fourth-order valence-electron chi connectivity index (χ4n) is 1.78. The first-order valence-corrected chi connectivity index (χ1v) is 7.74. The zero-order chi connectivity index (χ0) is 13.3. The van der Waals surface area contributed by atoms with Crippen molar-refractivity contribution in [3.63, 3.8) is 0 Å².